The van der Waals surface area contributed by atoms with Crippen LogP contribution in [0, 0.1) is 5.92 Å². The van der Waals surface area contributed by atoms with Gasteiger partial charge in [0, 0.05) is 13.1 Å². The first-order chi connectivity index (χ1) is 9.61. The Kier molecular flexibility index (Phi) is 5.40. The lowest BCUT2D eigenvalue weighted by Crippen LogP contribution is -2.35. The van der Waals surface area contributed by atoms with Crippen LogP contribution in [0.15, 0.2) is 4.42 Å². The van der Waals surface area contributed by atoms with Crippen molar-refractivity contribution in [2.24, 2.45) is 5.92 Å². The first kappa shape index (κ1) is 15.3. The van der Waals surface area contributed by atoms with Crippen molar-refractivity contribution >= 4 is 6.01 Å². The molecule has 114 valence electrons. The Morgan fingerprint density at radius 3 is 2.65 bits per heavy atom. The van der Waals surface area contributed by atoms with Gasteiger partial charge in [-0.15, -0.1) is 5.10 Å². The number of hydrogen-bond donors (Lipinski definition) is 1. The highest BCUT2D eigenvalue weighted by atomic mass is 16.4. The summed E-state index contributed by atoms with van der Waals surface area (Å²) in [7, 11) is 2.07. The first-order valence-corrected chi connectivity index (χ1v) is 7.91. The lowest BCUT2D eigenvalue weighted by atomic mass is 9.87. The highest BCUT2D eigenvalue weighted by Crippen LogP contribution is 2.29. The van der Waals surface area contributed by atoms with Gasteiger partial charge < -0.3 is 14.6 Å². The first-order valence-electron chi connectivity index (χ1n) is 7.91. The third-order valence-corrected chi connectivity index (χ3v) is 4.34. The molecule has 1 saturated carbocycles. The van der Waals surface area contributed by atoms with Gasteiger partial charge in [-0.2, -0.15) is 0 Å². The van der Waals surface area contributed by atoms with Crippen LogP contribution in [0.1, 0.15) is 64.8 Å². The molecule has 0 amide bonds. The molecule has 1 atom stereocenters. The fourth-order valence-electron chi connectivity index (χ4n) is 2.78. The predicted molar refractivity (Wildman–Crippen MR) is 80.8 cm³/mol. The zero-order valence-corrected chi connectivity index (χ0v) is 13.2. The molecule has 20 heavy (non-hydrogen) atoms. The summed E-state index contributed by atoms with van der Waals surface area (Å²) in [5, 5.41) is 11.8. The fraction of sp³-hybridized carbons (Fsp3) is 0.867. The molecule has 0 bridgehead atoms. The number of anilines is 1. The van der Waals surface area contributed by atoms with Gasteiger partial charge >= 0.3 is 6.01 Å². The van der Waals surface area contributed by atoms with Crippen LogP contribution in [0.3, 0.4) is 0 Å². The van der Waals surface area contributed by atoms with Crippen LogP contribution in [0.2, 0.25) is 0 Å². The standard InChI is InChI=1S/C15H28N4O/c1-5-10-16-12(3)14-17-18-15(20-14)19(4)13-8-6-11(2)7-9-13/h11-13,16H,5-10H2,1-4H3. The Balaban J connectivity index is 1.93. The van der Waals surface area contributed by atoms with E-state index in [1.807, 2.05) is 0 Å². The second-order valence-electron chi connectivity index (χ2n) is 6.12. The number of nitrogens with one attached hydrogen (secondary N) is 1. The van der Waals surface area contributed by atoms with Crippen molar-refractivity contribution < 1.29 is 4.42 Å². The van der Waals surface area contributed by atoms with E-state index in [4.69, 9.17) is 4.42 Å². The molecule has 5 nitrogen and oxygen atoms in total. The van der Waals surface area contributed by atoms with E-state index in [0.29, 0.717) is 17.9 Å². The van der Waals surface area contributed by atoms with E-state index in [1.54, 1.807) is 0 Å². The zero-order valence-electron chi connectivity index (χ0n) is 13.2. The van der Waals surface area contributed by atoms with Crippen molar-refractivity contribution in [2.45, 2.75) is 65.0 Å². The summed E-state index contributed by atoms with van der Waals surface area (Å²) in [6.45, 7) is 7.52. The van der Waals surface area contributed by atoms with Gasteiger partial charge in [0.25, 0.3) is 0 Å². The Labute approximate surface area is 122 Å². The molecule has 1 aromatic rings. The summed E-state index contributed by atoms with van der Waals surface area (Å²) < 4.78 is 5.83. The van der Waals surface area contributed by atoms with Gasteiger partial charge in [0.05, 0.1) is 6.04 Å². The highest BCUT2D eigenvalue weighted by Gasteiger charge is 2.25. The quantitative estimate of drug-likeness (QED) is 0.867. The third kappa shape index (κ3) is 3.72. The van der Waals surface area contributed by atoms with Crippen LogP contribution in [-0.4, -0.2) is 29.8 Å². The van der Waals surface area contributed by atoms with Gasteiger partial charge in [-0.25, -0.2) is 0 Å². The second-order valence-corrected chi connectivity index (χ2v) is 6.12. The molecule has 1 aromatic heterocycles. The largest absolute Gasteiger partial charge is 0.406 e. The number of hydrogen-bond acceptors (Lipinski definition) is 5. The van der Waals surface area contributed by atoms with Gasteiger partial charge in [0.2, 0.25) is 5.89 Å². The smallest absolute Gasteiger partial charge is 0.318 e. The number of nitrogens with zero attached hydrogens (tertiary/aromatic N) is 3. The van der Waals surface area contributed by atoms with Crippen LogP contribution in [0.25, 0.3) is 0 Å². The van der Waals surface area contributed by atoms with Crippen molar-refractivity contribution in [3.05, 3.63) is 5.89 Å². The molecular formula is C15H28N4O. The maximum Gasteiger partial charge on any atom is 0.318 e. The molecule has 1 aliphatic rings. The minimum Gasteiger partial charge on any atom is -0.406 e. The lowest BCUT2D eigenvalue weighted by Gasteiger charge is -2.32. The van der Waals surface area contributed by atoms with E-state index >= 15 is 0 Å². The molecule has 0 saturated heterocycles. The summed E-state index contributed by atoms with van der Waals surface area (Å²) in [4.78, 5) is 2.16. The van der Waals surface area contributed by atoms with Crippen molar-refractivity contribution in [3.63, 3.8) is 0 Å². The van der Waals surface area contributed by atoms with E-state index in [0.717, 1.165) is 18.9 Å². The average molecular weight is 280 g/mol. The molecule has 2 rings (SSSR count). The summed E-state index contributed by atoms with van der Waals surface area (Å²) in [6.07, 6.45) is 6.14. The Bertz CT molecular complexity index is 398. The number of aromatic nitrogens is 2. The topological polar surface area (TPSA) is 54.2 Å². The van der Waals surface area contributed by atoms with Crippen molar-refractivity contribution in [1.82, 2.24) is 15.5 Å². The van der Waals surface area contributed by atoms with Gasteiger partial charge in [-0.05, 0) is 51.5 Å². The Morgan fingerprint density at radius 2 is 2.00 bits per heavy atom. The second kappa shape index (κ2) is 7.07. The highest BCUT2D eigenvalue weighted by molar-refractivity contribution is 5.25. The van der Waals surface area contributed by atoms with Crippen LogP contribution in [-0.2, 0) is 0 Å². The lowest BCUT2D eigenvalue weighted by molar-refractivity contribution is 0.328. The summed E-state index contributed by atoms with van der Waals surface area (Å²) >= 11 is 0. The van der Waals surface area contributed by atoms with E-state index in [9.17, 15) is 0 Å². The van der Waals surface area contributed by atoms with Crippen LogP contribution < -0.4 is 10.2 Å². The minimum atomic E-state index is 0.121. The van der Waals surface area contributed by atoms with E-state index < -0.39 is 0 Å². The molecule has 0 spiro atoms. The van der Waals surface area contributed by atoms with Crippen LogP contribution in [0.5, 0.6) is 0 Å². The van der Waals surface area contributed by atoms with E-state index in [2.05, 4.69) is 48.2 Å². The average Bonchev–Trinajstić information content (AvgIpc) is 2.94. The number of rotatable bonds is 6. The van der Waals surface area contributed by atoms with Crippen molar-refractivity contribution in [2.75, 3.05) is 18.5 Å². The minimum absolute atomic E-state index is 0.121. The van der Waals surface area contributed by atoms with Gasteiger partial charge in [-0.3, -0.25) is 0 Å². The van der Waals surface area contributed by atoms with Crippen LogP contribution >= 0.6 is 0 Å². The Hall–Kier alpha value is -1.10. The normalized spacial score (nSPS) is 24.6. The molecule has 0 aromatic carbocycles. The summed E-state index contributed by atoms with van der Waals surface area (Å²) in [6, 6.07) is 1.32. The van der Waals surface area contributed by atoms with Gasteiger partial charge in [-0.1, -0.05) is 18.9 Å². The van der Waals surface area contributed by atoms with E-state index in [1.165, 1.54) is 25.7 Å². The zero-order chi connectivity index (χ0) is 14.5. The maximum atomic E-state index is 5.83. The SMILES string of the molecule is CCCNC(C)c1nnc(N(C)C2CCC(C)CC2)o1. The summed E-state index contributed by atoms with van der Waals surface area (Å²) in [5.41, 5.74) is 0. The molecule has 1 unspecified atom stereocenters. The van der Waals surface area contributed by atoms with Crippen molar-refractivity contribution in [1.29, 1.82) is 0 Å². The Morgan fingerprint density at radius 1 is 1.30 bits per heavy atom. The molecular weight excluding hydrogens is 252 g/mol. The predicted octanol–water partition coefficient (Wildman–Crippen LogP) is 3.15. The monoisotopic (exact) mass is 280 g/mol. The molecule has 1 N–H and O–H groups in total. The fourth-order valence-corrected chi connectivity index (χ4v) is 2.78. The van der Waals surface area contributed by atoms with Crippen LogP contribution in [0.4, 0.5) is 6.01 Å². The third-order valence-electron chi connectivity index (χ3n) is 4.34. The molecule has 1 aliphatic carbocycles. The molecule has 1 fully saturated rings. The molecule has 1 heterocycles. The van der Waals surface area contributed by atoms with Crippen molar-refractivity contribution in [3.8, 4) is 0 Å². The van der Waals surface area contributed by atoms with Gasteiger partial charge in [0.15, 0.2) is 0 Å². The molecule has 0 aliphatic heterocycles. The molecule has 0 radical (unpaired) electrons. The van der Waals surface area contributed by atoms with Gasteiger partial charge in [0.1, 0.15) is 0 Å². The summed E-state index contributed by atoms with van der Waals surface area (Å²) in [5.74, 6) is 1.54. The van der Waals surface area contributed by atoms with E-state index in [-0.39, 0.29) is 6.04 Å². The maximum absolute atomic E-state index is 5.83. The molecule has 5 heteroatoms.